The topological polar surface area (TPSA) is 20.2 Å². The van der Waals surface area contributed by atoms with Crippen LogP contribution in [-0.2, 0) is 42.7 Å². The maximum atomic E-state index is 12.6. The number of phenolic OH excluding ortho intramolecular Hbond substituents is 1. The molecule has 2 heteroatoms. The maximum absolute atomic E-state index is 12.6. The van der Waals surface area contributed by atoms with Gasteiger partial charge in [0.05, 0.1) is 5.75 Å². The first-order valence-electron chi connectivity index (χ1n) is 23.9. The first kappa shape index (κ1) is 42.7. The van der Waals surface area contributed by atoms with Crippen molar-refractivity contribution in [3.63, 3.8) is 0 Å². The predicted octanol–water partition coefficient (Wildman–Crippen LogP) is 16.5. The van der Waals surface area contributed by atoms with Gasteiger partial charge < -0.3 is 5.11 Å². The summed E-state index contributed by atoms with van der Waals surface area (Å²) in [6.45, 7) is 24.6. The van der Waals surface area contributed by atoms with E-state index in [-0.39, 0.29) is 48.6 Å². The van der Waals surface area contributed by atoms with Crippen molar-refractivity contribution in [2.45, 2.75) is 118 Å². The average molecular weight is 1020 g/mol. The first-order valence-corrected chi connectivity index (χ1v) is 22.4. The molecule has 7 aromatic carbocycles. The molecule has 1 aliphatic rings. The quantitative estimate of drug-likeness (QED) is 0.165. The van der Waals surface area contributed by atoms with E-state index in [4.69, 9.17) is 4.11 Å². The number of aromatic hydroxyl groups is 1. The molecule has 0 aliphatic heterocycles. The van der Waals surface area contributed by atoms with Crippen LogP contribution < -0.4 is 0 Å². The number of phenols is 1. The fraction of sp³-hybridized carbons (Fsp3) is 0.290. The van der Waals surface area contributed by atoms with Crippen LogP contribution in [0.25, 0.3) is 50.1 Å². The van der Waals surface area contributed by atoms with E-state index >= 15 is 0 Å². The summed E-state index contributed by atoms with van der Waals surface area (Å²) in [4.78, 5) is 0. The van der Waals surface area contributed by atoms with Gasteiger partial charge in [0.2, 0.25) is 0 Å². The second kappa shape index (κ2) is 17.3. The molecule has 1 N–H and O–H groups in total. The van der Waals surface area contributed by atoms with Crippen LogP contribution in [0, 0.1) is 25.1 Å². The summed E-state index contributed by atoms with van der Waals surface area (Å²) in [6, 6.07) is 53.7. The Morgan fingerprint density at radius 2 is 1.14 bits per heavy atom. The van der Waals surface area contributed by atoms with E-state index in [0.717, 1.165) is 77.9 Å². The molecular weight excluding hydrogens is 956 g/mol. The van der Waals surface area contributed by atoms with Crippen LogP contribution in [0.5, 0.6) is 5.75 Å². The Labute approximate surface area is 403 Å². The van der Waals surface area contributed by atoms with E-state index in [1.807, 2.05) is 24.3 Å². The number of allylic oxidation sites excluding steroid dienone is 1. The van der Waals surface area contributed by atoms with Crippen molar-refractivity contribution in [2.24, 2.45) is 0 Å². The fourth-order valence-electron chi connectivity index (χ4n) is 8.83. The molecule has 0 spiro atoms. The SMILES string of the molecule is [2H]C([2H])([2H])c1ccc(-c2cc[c-]c(-c3[c-]c(-c4cccc5c4[C-]=C(c4cc(C(C)(C)C)cc(C(C)(C)C)c4O)C5c4ccc(C(C)(C)C)cc4-c4ccccc4)cc(C(C)(C)C)c3)c2)cc1.[Pt]. The average Bonchev–Trinajstić information content (AvgIpc) is 3.64. The molecule has 8 rings (SSSR count). The second-order valence-corrected chi connectivity index (χ2v) is 21.6. The Balaban J connectivity index is 0.00000666. The molecular formula is C62H63OPt-3. The summed E-state index contributed by atoms with van der Waals surface area (Å²) in [6.07, 6.45) is 4.04. The minimum Gasteiger partial charge on any atom is -0.517 e. The number of hydrogen-bond donors (Lipinski definition) is 1. The van der Waals surface area contributed by atoms with Gasteiger partial charge in [-0.25, -0.2) is 5.56 Å². The van der Waals surface area contributed by atoms with Gasteiger partial charge in [-0.3, -0.25) is 0 Å². The van der Waals surface area contributed by atoms with Crippen LogP contribution in [0.15, 0.2) is 133 Å². The van der Waals surface area contributed by atoms with E-state index in [2.05, 4.69) is 198 Å². The number of hydrogen-bond acceptors (Lipinski definition) is 1. The minimum atomic E-state index is -2.16. The van der Waals surface area contributed by atoms with Crippen LogP contribution in [0.1, 0.15) is 143 Å². The molecule has 0 saturated heterocycles. The van der Waals surface area contributed by atoms with Gasteiger partial charge in [0.15, 0.2) is 0 Å². The third-order valence-electron chi connectivity index (χ3n) is 12.7. The van der Waals surface area contributed by atoms with E-state index in [9.17, 15) is 5.11 Å². The zero-order valence-corrected chi connectivity index (χ0v) is 41.8. The zero-order valence-electron chi connectivity index (χ0n) is 42.5. The fourth-order valence-corrected chi connectivity index (χ4v) is 8.83. The summed E-state index contributed by atoms with van der Waals surface area (Å²) < 4.78 is 23.6. The van der Waals surface area contributed by atoms with Crippen LogP contribution in [0.3, 0.4) is 0 Å². The molecule has 0 amide bonds. The third-order valence-corrected chi connectivity index (χ3v) is 12.7. The molecule has 7 aromatic rings. The molecule has 64 heavy (non-hydrogen) atoms. The van der Waals surface area contributed by atoms with E-state index in [1.54, 1.807) is 12.1 Å². The van der Waals surface area contributed by atoms with E-state index in [0.29, 0.717) is 11.3 Å². The molecule has 0 heterocycles. The molecule has 1 atom stereocenters. The Kier molecular flexibility index (Phi) is 11.5. The zero-order chi connectivity index (χ0) is 47.7. The molecule has 0 radical (unpaired) electrons. The van der Waals surface area contributed by atoms with Gasteiger partial charge in [-0.05, 0) is 67.8 Å². The van der Waals surface area contributed by atoms with E-state index < -0.39 is 6.85 Å². The molecule has 0 saturated carbocycles. The molecule has 0 aromatic heterocycles. The van der Waals surface area contributed by atoms with Gasteiger partial charge >= 0.3 is 0 Å². The standard InChI is InChI=1S/C62H63O.Pt/c1-39-25-27-40(28-26-39)42-21-17-22-43(31-42)44-32-45(34-47(33-44)60(5,6)7)49-23-18-24-50-53(49)38-54(55-36-48(61(8,9)10)37-56(58(55)63)62(11,12)13)57(50)51-30-29-46(59(2,3)4)35-52(51)41-19-15-14-16-20-41;/h14-21,23-31,33-37,57,63H,1-13H3;/q-3;/i1D3;. The summed E-state index contributed by atoms with van der Waals surface area (Å²) in [5.74, 6) is 0.0575. The van der Waals surface area contributed by atoms with Gasteiger partial charge in [-0.15, -0.1) is 63.2 Å². The predicted molar refractivity (Wildman–Crippen MR) is 268 cm³/mol. The largest absolute Gasteiger partial charge is 0.517 e. The molecule has 1 aliphatic carbocycles. The van der Waals surface area contributed by atoms with Crippen molar-refractivity contribution in [2.75, 3.05) is 0 Å². The Hall–Kier alpha value is -5.23. The Bertz CT molecular complexity index is 2980. The van der Waals surface area contributed by atoms with Gasteiger partial charge in [0, 0.05) is 25.2 Å². The summed E-state index contributed by atoms with van der Waals surface area (Å²) in [5, 5.41) is 12.6. The smallest absolute Gasteiger partial charge is 0.0862 e. The number of aryl methyl sites for hydroxylation is 1. The van der Waals surface area contributed by atoms with Crippen LogP contribution in [-0.4, -0.2) is 5.11 Å². The first-order chi connectivity index (χ1) is 30.8. The van der Waals surface area contributed by atoms with Crippen molar-refractivity contribution < 1.29 is 30.3 Å². The van der Waals surface area contributed by atoms with Gasteiger partial charge in [0.1, 0.15) is 0 Å². The second-order valence-electron chi connectivity index (χ2n) is 21.6. The summed E-state index contributed by atoms with van der Waals surface area (Å²) >= 11 is 0. The summed E-state index contributed by atoms with van der Waals surface area (Å²) in [5.41, 5.74) is 17.1. The molecule has 0 bridgehead atoms. The van der Waals surface area contributed by atoms with Crippen molar-refractivity contribution in [3.8, 4) is 50.3 Å². The monoisotopic (exact) mass is 1020 g/mol. The van der Waals surface area contributed by atoms with Gasteiger partial charge in [0.25, 0.3) is 0 Å². The Morgan fingerprint density at radius 3 is 1.78 bits per heavy atom. The maximum Gasteiger partial charge on any atom is 0.0862 e. The van der Waals surface area contributed by atoms with E-state index in [1.165, 1.54) is 16.7 Å². The molecule has 0 fully saturated rings. The van der Waals surface area contributed by atoms with Crippen molar-refractivity contribution in [1.82, 2.24) is 0 Å². The summed E-state index contributed by atoms with van der Waals surface area (Å²) in [7, 11) is 0. The van der Waals surface area contributed by atoms with Crippen molar-refractivity contribution >= 4 is 5.57 Å². The van der Waals surface area contributed by atoms with Crippen LogP contribution >= 0.6 is 0 Å². The normalized spacial score (nSPS) is 15.1. The molecule has 1 unspecified atom stereocenters. The van der Waals surface area contributed by atoms with Crippen LogP contribution in [0.2, 0.25) is 0 Å². The Morgan fingerprint density at radius 1 is 0.500 bits per heavy atom. The molecule has 1 nitrogen and oxygen atoms in total. The van der Waals surface area contributed by atoms with Crippen LogP contribution in [0.4, 0.5) is 0 Å². The van der Waals surface area contributed by atoms with Gasteiger partial charge in [-0.1, -0.05) is 197 Å². The number of benzene rings is 7. The van der Waals surface area contributed by atoms with Crippen molar-refractivity contribution in [3.05, 3.63) is 202 Å². The third kappa shape index (κ3) is 9.30. The van der Waals surface area contributed by atoms with Gasteiger partial charge in [-0.2, -0.15) is 35.9 Å². The molecule has 330 valence electrons. The van der Waals surface area contributed by atoms with Crippen molar-refractivity contribution in [1.29, 1.82) is 0 Å². The number of rotatable bonds is 6. The number of fused-ring (bicyclic) bond motifs is 1. The minimum absolute atomic E-state index is 0.